The lowest BCUT2D eigenvalue weighted by Gasteiger charge is -2.32. The number of hydrogen-bond acceptors (Lipinski definition) is 3. The third-order valence-electron chi connectivity index (χ3n) is 5.54. The molecule has 6 nitrogen and oxygen atoms in total. The summed E-state index contributed by atoms with van der Waals surface area (Å²) in [5.41, 5.74) is 2.45. The molecule has 9 heteroatoms. The van der Waals surface area contributed by atoms with Gasteiger partial charge in [0.2, 0.25) is 0 Å². The van der Waals surface area contributed by atoms with Gasteiger partial charge in [-0.3, -0.25) is 14.2 Å². The van der Waals surface area contributed by atoms with Gasteiger partial charge in [0.05, 0.1) is 23.3 Å². The van der Waals surface area contributed by atoms with Crippen LogP contribution in [-0.2, 0) is 13.2 Å². The fourth-order valence-electron chi connectivity index (χ4n) is 4.04. The van der Waals surface area contributed by atoms with Crippen LogP contribution in [0.5, 0.6) is 0 Å². The number of hydrogen-bond donors (Lipinski definition) is 0. The number of anilines is 1. The van der Waals surface area contributed by atoms with Crippen LogP contribution in [0.2, 0.25) is 0 Å². The lowest BCUT2D eigenvalue weighted by atomic mass is 10.0. The summed E-state index contributed by atoms with van der Waals surface area (Å²) in [5, 5.41) is 9.73. The van der Waals surface area contributed by atoms with E-state index in [1.807, 2.05) is 38.4 Å². The molecule has 0 bridgehead atoms. The predicted molar refractivity (Wildman–Crippen MR) is 110 cm³/mol. The first-order chi connectivity index (χ1) is 14.7. The fraction of sp³-hybridized carbons (Fsp3) is 0.227. The highest BCUT2D eigenvalue weighted by molar-refractivity contribution is 6.10. The van der Waals surface area contributed by atoms with Gasteiger partial charge in [0.1, 0.15) is 5.69 Å². The number of aromatic nitrogens is 4. The second-order valence-electron chi connectivity index (χ2n) is 7.74. The largest absolute Gasteiger partial charge is 0.416 e. The summed E-state index contributed by atoms with van der Waals surface area (Å²) in [6.45, 7) is 2.24. The molecule has 158 valence electrons. The highest BCUT2D eigenvalue weighted by Gasteiger charge is 2.35. The van der Waals surface area contributed by atoms with Gasteiger partial charge < -0.3 is 4.90 Å². The van der Waals surface area contributed by atoms with E-state index < -0.39 is 11.7 Å². The molecule has 2 aromatic heterocycles. The Morgan fingerprint density at radius 3 is 2.55 bits per heavy atom. The molecule has 1 amide bonds. The highest BCUT2D eigenvalue weighted by atomic mass is 19.4. The molecule has 0 radical (unpaired) electrons. The van der Waals surface area contributed by atoms with Crippen molar-refractivity contribution >= 4 is 22.5 Å². The molecule has 0 unspecified atom stereocenters. The molecule has 5 rings (SSSR count). The van der Waals surface area contributed by atoms with Crippen LogP contribution in [0.25, 0.3) is 22.0 Å². The number of benzene rings is 2. The highest BCUT2D eigenvalue weighted by Crippen LogP contribution is 2.35. The number of fused-ring (bicyclic) bond motifs is 2. The van der Waals surface area contributed by atoms with Gasteiger partial charge in [-0.15, -0.1) is 0 Å². The van der Waals surface area contributed by atoms with Crippen LogP contribution < -0.4 is 4.90 Å². The first-order valence-electron chi connectivity index (χ1n) is 9.73. The Morgan fingerprint density at radius 1 is 1.10 bits per heavy atom. The molecule has 1 atom stereocenters. The smallest absolute Gasteiger partial charge is 0.305 e. The number of carbonyl (C=O) groups is 1. The topological polar surface area (TPSA) is 56.0 Å². The number of rotatable bonds is 2. The first-order valence-corrected chi connectivity index (χ1v) is 9.73. The van der Waals surface area contributed by atoms with Gasteiger partial charge in [0, 0.05) is 36.4 Å². The third kappa shape index (κ3) is 3.17. The zero-order valence-corrected chi connectivity index (χ0v) is 16.8. The lowest BCUT2D eigenvalue weighted by Crippen LogP contribution is -2.42. The Balaban J connectivity index is 1.56. The molecule has 31 heavy (non-hydrogen) atoms. The molecule has 0 fully saturated rings. The van der Waals surface area contributed by atoms with E-state index in [0.29, 0.717) is 23.5 Å². The van der Waals surface area contributed by atoms with Crippen LogP contribution >= 0.6 is 0 Å². The maximum atomic E-state index is 13.4. The minimum atomic E-state index is -4.42. The quantitative estimate of drug-likeness (QED) is 0.469. The van der Waals surface area contributed by atoms with E-state index in [-0.39, 0.29) is 11.9 Å². The monoisotopic (exact) mass is 425 g/mol. The number of carbonyl (C=O) groups excluding carboxylic acids is 1. The summed E-state index contributed by atoms with van der Waals surface area (Å²) in [4.78, 5) is 14.9. The number of amides is 1. The van der Waals surface area contributed by atoms with Crippen LogP contribution in [0.15, 0.2) is 54.9 Å². The van der Waals surface area contributed by atoms with Gasteiger partial charge >= 0.3 is 6.18 Å². The minimum Gasteiger partial charge on any atom is -0.305 e. The van der Waals surface area contributed by atoms with Crippen molar-refractivity contribution in [2.75, 3.05) is 11.4 Å². The fourth-order valence-corrected chi connectivity index (χ4v) is 4.04. The average Bonchev–Trinajstić information content (AvgIpc) is 3.33. The molecule has 0 saturated carbocycles. The summed E-state index contributed by atoms with van der Waals surface area (Å²) in [6.07, 6.45) is -0.861. The van der Waals surface area contributed by atoms with Crippen LogP contribution in [0.3, 0.4) is 0 Å². The number of aryl methyl sites for hydroxylation is 1. The Morgan fingerprint density at radius 2 is 1.84 bits per heavy atom. The van der Waals surface area contributed by atoms with Gasteiger partial charge in [-0.05, 0) is 48.9 Å². The van der Waals surface area contributed by atoms with E-state index in [0.717, 1.165) is 28.6 Å². The molecule has 2 aromatic carbocycles. The van der Waals surface area contributed by atoms with Gasteiger partial charge in [-0.1, -0.05) is 6.07 Å². The normalized spacial score (nSPS) is 16.7. The van der Waals surface area contributed by atoms with Crippen LogP contribution in [0.4, 0.5) is 18.9 Å². The Hall–Kier alpha value is -3.62. The molecule has 3 heterocycles. The molecular weight excluding hydrogens is 407 g/mol. The molecule has 4 aromatic rings. The van der Waals surface area contributed by atoms with Gasteiger partial charge in [-0.25, -0.2) is 0 Å². The van der Waals surface area contributed by atoms with Crippen molar-refractivity contribution in [3.8, 4) is 11.1 Å². The third-order valence-corrected chi connectivity index (χ3v) is 5.54. The summed E-state index contributed by atoms with van der Waals surface area (Å²) < 4.78 is 42.1. The van der Waals surface area contributed by atoms with Gasteiger partial charge in [-0.2, -0.15) is 23.4 Å². The number of alkyl halides is 3. The van der Waals surface area contributed by atoms with Crippen molar-refractivity contribution < 1.29 is 18.0 Å². The zero-order valence-electron chi connectivity index (χ0n) is 16.8. The van der Waals surface area contributed by atoms with E-state index in [1.165, 1.54) is 17.0 Å². The maximum absolute atomic E-state index is 13.4. The van der Waals surface area contributed by atoms with Crippen molar-refractivity contribution in [2.24, 2.45) is 7.05 Å². The summed E-state index contributed by atoms with van der Waals surface area (Å²) in [5.74, 6) is -0.295. The van der Waals surface area contributed by atoms with Gasteiger partial charge in [0.15, 0.2) is 0 Å². The molecule has 1 aliphatic rings. The van der Waals surface area contributed by atoms with Crippen molar-refractivity contribution in [3.63, 3.8) is 0 Å². The molecule has 1 aliphatic heterocycles. The summed E-state index contributed by atoms with van der Waals surface area (Å²) in [7, 11) is 1.84. The average molecular weight is 425 g/mol. The van der Waals surface area contributed by atoms with E-state index >= 15 is 0 Å². The minimum absolute atomic E-state index is 0.133. The Kier molecular flexibility index (Phi) is 4.18. The SMILES string of the molecule is C[C@H]1CN(c2ccc(C(F)(F)F)cc2)C(=O)c2c(-c3ccc4nn(C)cc4c3)cnn21. The summed E-state index contributed by atoms with van der Waals surface area (Å²) in [6, 6.07) is 10.3. The lowest BCUT2D eigenvalue weighted by molar-refractivity contribution is -0.137. The molecule has 0 aliphatic carbocycles. The second-order valence-corrected chi connectivity index (χ2v) is 7.74. The first kappa shape index (κ1) is 19.3. The van der Waals surface area contributed by atoms with Crippen LogP contribution in [0.1, 0.15) is 29.0 Å². The van der Waals surface area contributed by atoms with E-state index in [4.69, 9.17) is 0 Å². The standard InChI is InChI=1S/C22H18F3N5O/c1-13-11-29(17-6-4-16(5-7-17)22(23,24)25)21(31)20-18(10-26-30(13)20)14-3-8-19-15(9-14)12-28(2)27-19/h3-10,12-13H,11H2,1-2H3/t13-/m0/s1. The Labute approximate surface area is 175 Å². The predicted octanol–water partition coefficient (Wildman–Crippen LogP) is 4.68. The zero-order chi connectivity index (χ0) is 21.9. The number of halogens is 3. The molecular formula is C22H18F3N5O. The van der Waals surface area contributed by atoms with Crippen molar-refractivity contribution in [1.29, 1.82) is 0 Å². The molecule has 0 N–H and O–H groups in total. The van der Waals surface area contributed by atoms with Crippen molar-refractivity contribution in [2.45, 2.75) is 19.1 Å². The van der Waals surface area contributed by atoms with E-state index in [2.05, 4.69) is 10.2 Å². The van der Waals surface area contributed by atoms with Crippen molar-refractivity contribution in [1.82, 2.24) is 19.6 Å². The molecule has 0 spiro atoms. The maximum Gasteiger partial charge on any atom is 0.416 e. The van der Waals surface area contributed by atoms with Crippen LogP contribution in [0, 0.1) is 0 Å². The second kappa shape index (κ2) is 6.69. The van der Waals surface area contributed by atoms with E-state index in [9.17, 15) is 18.0 Å². The number of nitrogens with zero attached hydrogens (tertiary/aromatic N) is 5. The van der Waals surface area contributed by atoms with Crippen LogP contribution in [-0.4, -0.2) is 32.0 Å². The van der Waals surface area contributed by atoms with E-state index in [1.54, 1.807) is 15.6 Å². The Bertz CT molecular complexity index is 1300. The van der Waals surface area contributed by atoms with Crippen molar-refractivity contribution in [3.05, 3.63) is 66.1 Å². The van der Waals surface area contributed by atoms with Gasteiger partial charge in [0.25, 0.3) is 5.91 Å². The summed E-state index contributed by atoms with van der Waals surface area (Å²) >= 11 is 0. The molecule has 0 saturated heterocycles.